The molecule has 0 fully saturated rings. The quantitative estimate of drug-likeness (QED) is 0.835. The number of methoxy groups -OCH3 is 1. The number of carbonyl (C=O) groups excluding carboxylic acids is 1. The summed E-state index contributed by atoms with van der Waals surface area (Å²) in [7, 11) is 1.52. The Hall–Kier alpha value is -1.42. The Kier molecular flexibility index (Phi) is 6.65. The molecule has 5 heteroatoms. The van der Waals surface area contributed by atoms with E-state index < -0.39 is 0 Å². The summed E-state index contributed by atoms with van der Waals surface area (Å²) in [5.41, 5.74) is 0.474. The number of nitrogens with one attached hydrogen (secondary N) is 1. The fraction of sp³-hybridized carbons (Fsp3) is 0.533. The summed E-state index contributed by atoms with van der Waals surface area (Å²) in [6, 6.07) is 3.42. The zero-order chi connectivity index (χ0) is 15.1. The van der Waals surface area contributed by atoms with Gasteiger partial charge in [0.25, 0.3) is 5.91 Å². The van der Waals surface area contributed by atoms with E-state index >= 15 is 0 Å². The van der Waals surface area contributed by atoms with Crippen LogP contribution >= 0.6 is 11.6 Å². The SMILES string of the molecule is CCOc1c(Cl)cc(C(=O)NC(CC)CC)cc1OC. The van der Waals surface area contributed by atoms with Gasteiger partial charge in [-0.15, -0.1) is 0 Å². The first kappa shape index (κ1) is 16.6. The fourth-order valence-electron chi connectivity index (χ4n) is 1.90. The van der Waals surface area contributed by atoms with Crippen LogP contribution in [0.2, 0.25) is 5.02 Å². The van der Waals surface area contributed by atoms with Crippen molar-refractivity contribution in [3.05, 3.63) is 22.7 Å². The van der Waals surface area contributed by atoms with Crippen molar-refractivity contribution in [2.45, 2.75) is 39.7 Å². The van der Waals surface area contributed by atoms with Gasteiger partial charge in [-0.3, -0.25) is 4.79 Å². The minimum absolute atomic E-state index is 0.151. The number of hydrogen-bond donors (Lipinski definition) is 1. The summed E-state index contributed by atoms with van der Waals surface area (Å²) >= 11 is 6.16. The lowest BCUT2D eigenvalue weighted by molar-refractivity contribution is 0.0934. The molecule has 0 unspecified atom stereocenters. The van der Waals surface area contributed by atoms with E-state index in [0.717, 1.165) is 12.8 Å². The predicted octanol–water partition coefficient (Wildman–Crippen LogP) is 3.67. The minimum atomic E-state index is -0.151. The van der Waals surface area contributed by atoms with Crippen LogP contribution in [0.5, 0.6) is 11.5 Å². The highest BCUT2D eigenvalue weighted by Gasteiger charge is 2.17. The van der Waals surface area contributed by atoms with Crippen molar-refractivity contribution in [1.82, 2.24) is 5.32 Å². The molecular weight excluding hydrogens is 278 g/mol. The standard InChI is InChI=1S/C15H22ClNO3/c1-5-11(6-2)17-15(18)10-8-12(16)14(20-7-3)13(9-10)19-4/h8-9,11H,5-7H2,1-4H3,(H,17,18). The number of halogens is 1. The van der Waals surface area contributed by atoms with Crippen molar-refractivity contribution in [3.63, 3.8) is 0 Å². The van der Waals surface area contributed by atoms with E-state index in [2.05, 4.69) is 5.32 Å². The summed E-state index contributed by atoms with van der Waals surface area (Å²) in [6.45, 7) is 6.43. The number of hydrogen-bond acceptors (Lipinski definition) is 3. The van der Waals surface area contributed by atoms with Gasteiger partial charge in [0, 0.05) is 11.6 Å². The summed E-state index contributed by atoms with van der Waals surface area (Å²) in [6.07, 6.45) is 1.79. The largest absolute Gasteiger partial charge is 0.493 e. The summed E-state index contributed by atoms with van der Waals surface area (Å²) < 4.78 is 10.7. The maximum Gasteiger partial charge on any atom is 0.251 e. The Morgan fingerprint density at radius 1 is 1.30 bits per heavy atom. The molecule has 1 rings (SSSR count). The van der Waals surface area contributed by atoms with Crippen LogP contribution in [0.3, 0.4) is 0 Å². The normalized spacial score (nSPS) is 10.5. The van der Waals surface area contributed by atoms with Crippen LogP contribution in [0.1, 0.15) is 44.0 Å². The molecule has 0 heterocycles. The van der Waals surface area contributed by atoms with E-state index in [-0.39, 0.29) is 11.9 Å². The average Bonchev–Trinajstić information content (AvgIpc) is 2.46. The van der Waals surface area contributed by atoms with Gasteiger partial charge in [0.1, 0.15) is 0 Å². The molecule has 20 heavy (non-hydrogen) atoms. The van der Waals surface area contributed by atoms with Crippen molar-refractivity contribution in [1.29, 1.82) is 0 Å². The number of rotatable bonds is 7. The summed E-state index contributed by atoms with van der Waals surface area (Å²) in [5.74, 6) is 0.784. The molecule has 0 aliphatic carbocycles. The highest BCUT2D eigenvalue weighted by atomic mass is 35.5. The van der Waals surface area contributed by atoms with Gasteiger partial charge in [-0.1, -0.05) is 25.4 Å². The molecule has 4 nitrogen and oxygen atoms in total. The molecule has 0 atom stereocenters. The van der Waals surface area contributed by atoms with E-state index in [1.807, 2.05) is 20.8 Å². The zero-order valence-corrected chi connectivity index (χ0v) is 13.2. The molecule has 112 valence electrons. The van der Waals surface area contributed by atoms with Gasteiger partial charge in [-0.05, 0) is 31.9 Å². The number of benzene rings is 1. The van der Waals surface area contributed by atoms with Gasteiger partial charge in [0.2, 0.25) is 0 Å². The lowest BCUT2D eigenvalue weighted by atomic mass is 10.1. The fourth-order valence-corrected chi connectivity index (χ4v) is 2.16. The van der Waals surface area contributed by atoms with Crippen LogP contribution in [-0.4, -0.2) is 25.7 Å². The third kappa shape index (κ3) is 4.04. The number of ether oxygens (including phenoxy) is 2. The summed E-state index contributed by atoms with van der Waals surface area (Å²) in [5, 5.41) is 3.34. The highest BCUT2D eigenvalue weighted by molar-refractivity contribution is 6.32. The molecule has 0 saturated heterocycles. The lowest BCUT2D eigenvalue weighted by Gasteiger charge is -2.16. The number of carbonyl (C=O) groups is 1. The molecule has 1 N–H and O–H groups in total. The molecular formula is C15H22ClNO3. The first-order chi connectivity index (χ1) is 9.57. The molecule has 0 saturated carbocycles. The Morgan fingerprint density at radius 2 is 1.95 bits per heavy atom. The molecule has 0 radical (unpaired) electrons. The second-order valence-electron chi connectivity index (χ2n) is 4.41. The van der Waals surface area contributed by atoms with Gasteiger partial charge < -0.3 is 14.8 Å². The van der Waals surface area contributed by atoms with Crippen molar-refractivity contribution < 1.29 is 14.3 Å². The van der Waals surface area contributed by atoms with Crippen LogP contribution < -0.4 is 14.8 Å². The maximum atomic E-state index is 12.2. The van der Waals surface area contributed by atoms with Crippen LogP contribution in [0.4, 0.5) is 0 Å². The van der Waals surface area contributed by atoms with Crippen molar-refractivity contribution in [2.24, 2.45) is 0 Å². The van der Waals surface area contributed by atoms with E-state index in [4.69, 9.17) is 21.1 Å². The van der Waals surface area contributed by atoms with Gasteiger partial charge >= 0.3 is 0 Å². The predicted molar refractivity (Wildman–Crippen MR) is 81.0 cm³/mol. The van der Waals surface area contributed by atoms with Gasteiger partial charge in [-0.2, -0.15) is 0 Å². The molecule has 0 spiro atoms. The first-order valence-corrected chi connectivity index (χ1v) is 7.26. The van der Waals surface area contributed by atoms with E-state index in [9.17, 15) is 4.79 Å². The molecule has 1 aromatic rings. The van der Waals surface area contributed by atoms with E-state index in [1.165, 1.54) is 7.11 Å². The summed E-state index contributed by atoms with van der Waals surface area (Å²) in [4.78, 5) is 12.2. The second-order valence-corrected chi connectivity index (χ2v) is 4.82. The third-order valence-corrected chi connectivity index (χ3v) is 3.38. The molecule has 1 amide bonds. The van der Waals surface area contributed by atoms with Gasteiger partial charge in [-0.25, -0.2) is 0 Å². The molecule has 0 aliphatic rings. The Labute approximate surface area is 125 Å². The Morgan fingerprint density at radius 3 is 2.45 bits per heavy atom. The zero-order valence-electron chi connectivity index (χ0n) is 12.5. The number of amides is 1. The van der Waals surface area contributed by atoms with Crippen LogP contribution in [0.25, 0.3) is 0 Å². The Bertz CT molecular complexity index is 459. The third-order valence-electron chi connectivity index (χ3n) is 3.10. The highest BCUT2D eigenvalue weighted by Crippen LogP contribution is 2.36. The van der Waals surface area contributed by atoms with Gasteiger partial charge in [0.05, 0.1) is 18.7 Å². The van der Waals surface area contributed by atoms with Crippen molar-refractivity contribution in [2.75, 3.05) is 13.7 Å². The smallest absolute Gasteiger partial charge is 0.251 e. The lowest BCUT2D eigenvalue weighted by Crippen LogP contribution is -2.33. The van der Waals surface area contributed by atoms with Gasteiger partial charge in [0.15, 0.2) is 11.5 Å². The molecule has 0 aromatic heterocycles. The van der Waals surface area contributed by atoms with Crippen LogP contribution in [-0.2, 0) is 0 Å². The topological polar surface area (TPSA) is 47.6 Å². The average molecular weight is 300 g/mol. The molecule has 0 bridgehead atoms. The van der Waals surface area contributed by atoms with Crippen LogP contribution in [0.15, 0.2) is 12.1 Å². The van der Waals surface area contributed by atoms with Crippen molar-refractivity contribution >= 4 is 17.5 Å². The monoisotopic (exact) mass is 299 g/mol. The van der Waals surface area contributed by atoms with E-state index in [0.29, 0.717) is 28.7 Å². The molecule has 1 aromatic carbocycles. The first-order valence-electron chi connectivity index (χ1n) is 6.88. The minimum Gasteiger partial charge on any atom is -0.493 e. The maximum absolute atomic E-state index is 12.2. The Balaban J connectivity index is 3.02. The van der Waals surface area contributed by atoms with E-state index in [1.54, 1.807) is 12.1 Å². The molecule has 0 aliphatic heterocycles. The second kappa shape index (κ2) is 8.00. The van der Waals surface area contributed by atoms with Crippen LogP contribution in [0, 0.1) is 0 Å². The van der Waals surface area contributed by atoms with Crippen molar-refractivity contribution in [3.8, 4) is 11.5 Å².